The Balaban J connectivity index is 2.55. The van der Waals surface area contributed by atoms with Gasteiger partial charge in [-0.1, -0.05) is 0 Å². The Morgan fingerprint density at radius 1 is 1.78 bits per heavy atom. The van der Waals surface area contributed by atoms with Gasteiger partial charge >= 0.3 is 0 Å². The SMILES string of the molecule is CCN1C=C(C)C=NC1. The molecule has 0 amide bonds. The van der Waals surface area contributed by atoms with Gasteiger partial charge in [0.15, 0.2) is 0 Å². The van der Waals surface area contributed by atoms with Crippen LogP contribution in [0.1, 0.15) is 13.8 Å². The molecule has 1 heterocycles. The van der Waals surface area contributed by atoms with Gasteiger partial charge in [0, 0.05) is 19.0 Å². The van der Waals surface area contributed by atoms with Crippen LogP contribution in [0.4, 0.5) is 0 Å². The van der Waals surface area contributed by atoms with Crippen LogP contribution in [0.25, 0.3) is 0 Å². The molecule has 0 aromatic carbocycles. The van der Waals surface area contributed by atoms with Crippen molar-refractivity contribution in [1.82, 2.24) is 4.90 Å². The van der Waals surface area contributed by atoms with Crippen molar-refractivity contribution < 1.29 is 0 Å². The summed E-state index contributed by atoms with van der Waals surface area (Å²) in [6.45, 7) is 6.07. The molecule has 1 aliphatic rings. The Bertz CT molecular complexity index is 147. The number of nitrogens with zero attached hydrogens (tertiary/aromatic N) is 2. The van der Waals surface area contributed by atoms with Crippen LogP contribution in [0.15, 0.2) is 16.8 Å². The van der Waals surface area contributed by atoms with Crippen molar-refractivity contribution in [3.05, 3.63) is 11.8 Å². The average Bonchev–Trinajstić information content (AvgIpc) is 1.88. The average molecular weight is 124 g/mol. The quantitative estimate of drug-likeness (QED) is 0.513. The van der Waals surface area contributed by atoms with Gasteiger partial charge in [-0.15, -0.1) is 0 Å². The van der Waals surface area contributed by atoms with Crippen LogP contribution in [0.3, 0.4) is 0 Å². The van der Waals surface area contributed by atoms with Crippen LogP contribution in [0.5, 0.6) is 0 Å². The van der Waals surface area contributed by atoms with E-state index >= 15 is 0 Å². The van der Waals surface area contributed by atoms with Crippen molar-refractivity contribution in [3.63, 3.8) is 0 Å². The van der Waals surface area contributed by atoms with Crippen molar-refractivity contribution in [2.24, 2.45) is 4.99 Å². The first-order valence-corrected chi connectivity index (χ1v) is 3.25. The summed E-state index contributed by atoms with van der Waals surface area (Å²) in [6, 6.07) is 0. The second kappa shape index (κ2) is 2.67. The molecule has 2 heteroatoms. The van der Waals surface area contributed by atoms with Crippen LogP contribution in [-0.4, -0.2) is 24.3 Å². The fraction of sp³-hybridized carbons (Fsp3) is 0.571. The highest BCUT2D eigenvalue weighted by molar-refractivity contribution is 5.78. The maximum atomic E-state index is 4.14. The van der Waals surface area contributed by atoms with Crippen LogP contribution >= 0.6 is 0 Å². The summed E-state index contributed by atoms with van der Waals surface area (Å²) in [4.78, 5) is 6.32. The Hall–Kier alpha value is -0.790. The second-order valence-electron chi connectivity index (χ2n) is 2.23. The third-order valence-corrected chi connectivity index (χ3v) is 1.35. The van der Waals surface area contributed by atoms with E-state index in [0.29, 0.717) is 0 Å². The lowest BCUT2D eigenvalue weighted by atomic mass is 10.3. The van der Waals surface area contributed by atoms with Crippen LogP contribution in [0, 0.1) is 0 Å². The highest BCUT2D eigenvalue weighted by atomic mass is 15.2. The summed E-state index contributed by atoms with van der Waals surface area (Å²) in [5.74, 6) is 0. The zero-order chi connectivity index (χ0) is 6.69. The summed E-state index contributed by atoms with van der Waals surface area (Å²) in [7, 11) is 0. The maximum absolute atomic E-state index is 4.14. The number of allylic oxidation sites excluding steroid dienone is 1. The molecule has 0 aromatic heterocycles. The molecule has 0 aromatic rings. The van der Waals surface area contributed by atoms with E-state index in [9.17, 15) is 0 Å². The van der Waals surface area contributed by atoms with E-state index in [0.717, 1.165) is 13.2 Å². The molecule has 0 radical (unpaired) electrons. The highest BCUT2D eigenvalue weighted by Gasteiger charge is 1.97. The summed E-state index contributed by atoms with van der Waals surface area (Å²) in [5.41, 5.74) is 1.24. The third kappa shape index (κ3) is 1.56. The van der Waals surface area contributed by atoms with Gasteiger partial charge in [0.1, 0.15) is 6.67 Å². The van der Waals surface area contributed by atoms with Crippen molar-refractivity contribution in [3.8, 4) is 0 Å². The molecule has 0 aliphatic carbocycles. The largest absolute Gasteiger partial charge is 0.358 e. The topological polar surface area (TPSA) is 15.6 Å². The van der Waals surface area contributed by atoms with E-state index in [2.05, 4.69) is 29.9 Å². The molecule has 50 valence electrons. The molecule has 1 rings (SSSR count). The minimum atomic E-state index is 0.827. The predicted molar refractivity (Wildman–Crippen MR) is 39.5 cm³/mol. The van der Waals surface area contributed by atoms with Crippen molar-refractivity contribution >= 4 is 6.21 Å². The van der Waals surface area contributed by atoms with E-state index in [1.54, 1.807) is 0 Å². The monoisotopic (exact) mass is 124 g/mol. The number of hydrogen-bond acceptors (Lipinski definition) is 2. The zero-order valence-electron chi connectivity index (χ0n) is 5.96. The molecule has 0 unspecified atom stereocenters. The highest BCUT2D eigenvalue weighted by Crippen LogP contribution is 2.00. The normalized spacial score (nSPS) is 18.0. The molecule has 0 spiro atoms. The van der Waals surface area contributed by atoms with E-state index < -0.39 is 0 Å². The minimum absolute atomic E-state index is 0.827. The van der Waals surface area contributed by atoms with Crippen molar-refractivity contribution in [1.29, 1.82) is 0 Å². The van der Waals surface area contributed by atoms with Crippen molar-refractivity contribution in [2.75, 3.05) is 13.2 Å². The lowest BCUT2D eigenvalue weighted by Gasteiger charge is -2.18. The van der Waals surface area contributed by atoms with E-state index in [4.69, 9.17) is 0 Å². The third-order valence-electron chi connectivity index (χ3n) is 1.35. The van der Waals surface area contributed by atoms with Crippen LogP contribution in [-0.2, 0) is 0 Å². The predicted octanol–water partition coefficient (Wildman–Crippen LogP) is 1.25. The van der Waals surface area contributed by atoms with Gasteiger partial charge in [-0.3, -0.25) is 4.99 Å². The summed E-state index contributed by atoms with van der Waals surface area (Å²) in [6.07, 6.45) is 4.04. The molecule has 0 N–H and O–H groups in total. The molecule has 1 aliphatic heterocycles. The standard InChI is InChI=1S/C7H12N2/c1-3-9-5-7(2)4-8-6-9/h4-5H,3,6H2,1-2H3. The molecule has 2 nitrogen and oxygen atoms in total. The van der Waals surface area contributed by atoms with Crippen LogP contribution < -0.4 is 0 Å². The first-order valence-electron chi connectivity index (χ1n) is 3.25. The van der Waals surface area contributed by atoms with Gasteiger partial charge in [-0.25, -0.2) is 0 Å². The van der Waals surface area contributed by atoms with Gasteiger partial charge in [-0.2, -0.15) is 0 Å². The molecular formula is C7H12N2. The summed E-state index contributed by atoms with van der Waals surface area (Å²) >= 11 is 0. The van der Waals surface area contributed by atoms with E-state index in [1.807, 2.05) is 6.21 Å². The van der Waals surface area contributed by atoms with Gasteiger partial charge in [-0.05, 0) is 19.4 Å². The number of rotatable bonds is 1. The molecule has 0 bridgehead atoms. The van der Waals surface area contributed by atoms with Gasteiger partial charge in [0.2, 0.25) is 0 Å². The van der Waals surface area contributed by atoms with Crippen LogP contribution in [0.2, 0.25) is 0 Å². The fourth-order valence-corrected chi connectivity index (χ4v) is 0.843. The zero-order valence-corrected chi connectivity index (χ0v) is 5.96. The summed E-state index contributed by atoms with van der Waals surface area (Å²) in [5, 5.41) is 0. The lowest BCUT2D eigenvalue weighted by molar-refractivity contribution is 0.404. The molecule has 0 saturated carbocycles. The Labute approximate surface area is 55.9 Å². The van der Waals surface area contributed by atoms with Gasteiger partial charge < -0.3 is 4.90 Å². The maximum Gasteiger partial charge on any atom is 0.109 e. The molecule has 0 atom stereocenters. The first-order chi connectivity index (χ1) is 4.33. The number of hydrogen-bond donors (Lipinski definition) is 0. The Kier molecular flexibility index (Phi) is 1.88. The smallest absolute Gasteiger partial charge is 0.109 e. The Morgan fingerprint density at radius 2 is 2.56 bits per heavy atom. The second-order valence-corrected chi connectivity index (χ2v) is 2.23. The molecule has 0 fully saturated rings. The fourth-order valence-electron chi connectivity index (χ4n) is 0.843. The molecule has 0 saturated heterocycles. The summed E-state index contributed by atoms with van der Waals surface area (Å²) < 4.78 is 0. The van der Waals surface area contributed by atoms with Gasteiger partial charge in [0.05, 0.1) is 0 Å². The minimum Gasteiger partial charge on any atom is -0.358 e. The van der Waals surface area contributed by atoms with E-state index in [-0.39, 0.29) is 0 Å². The molecule has 9 heavy (non-hydrogen) atoms. The molecular weight excluding hydrogens is 112 g/mol. The lowest BCUT2D eigenvalue weighted by Crippen LogP contribution is -2.20. The van der Waals surface area contributed by atoms with Gasteiger partial charge in [0.25, 0.3) is 0 Å². The van der Waals surface area contributed by atoms with Crippen molar-refractivity contribution in [2.45, 2.75) is 13.8 Å². The Morgan fingerprint density at radius 3 is 3.00 bits per heavy atom. The van der Waals surface area contributed by atoms with E-state index in [1.165, 1.54) is 5.57 Å². The first kappa shape index (κ1) is 6.33. The number of aliphatic imine (C=N–C) groups is 1.